The van der Waals surface area contributed by atoms with Crippen LogP contribution in [0.5, 0.6) is 23.0 Å². The number of hydrogen-bond donors (Lipinski definition) is 0. The van der Waals surface area contributed by atoms with Crippen molar-refractivity contribution >= 4 is 11.8 Å². The van der Waals surface area contributed by atoms with Crippen LogP contribution in [-0.4, -0.2) is 29.7 Å². The van der Waals surface area contributed by atoms with Crippen LogP contribution in [0.2, 0.25) is 0 Å². The van der Waals surface area contributed by atoms with E-state index in [1.807, 2.05) is 66.9 Å². The lowest BCUT2D eigenvalue weighted by atomic mass is 10.1. The Morgan fingerprint density at radius 2 is 1.57 bits per heavy atom. The first-order valence-electron chi connectivity index (χ1n) is 11.1. The van der Waals surface area contributed by atoms with Crippen molar-refractivity contribution in [1.82, 2.24) is 4.57 Å². The summed E-state index contributed by atoms with van der Waals surface area (Å²) < 4.78 is 23.8. The lowest BCUT2D eigenvalue weighted by Crippen LogP contribution is -2.15. The van der Waals surface area contributed by atoms with Gasteiger partial charge in [0.25, 0.3) is 0 Å². The molecule has 0 radical (unpaired) electrons. The second-order valence-electron chi connectivity index (χ2n) is 8.10. The Hall–Kier alpha value is -4.52. The van der Waals surface area contributed by atoms with E-state index >= 15 is 0 Å². The molecule has 1 aliphatic heterocycles. The van der Waals surface area contributed by atoms with Crippen molar-refractivity contribution in [3.63, 3.8) is 0 Å². The minimum atomic E-state index is -0.575. The van der Waals surface area contributed by atoms with Crippen molar-refractivity contribution in [2.45, 2.75) is 13.8 Å². The number of ether oxygens (including phenoxy) is 4. The third kappa shape index (κ3) is 4.61. The summed E-state index contributed by atoms with van der Waals surface area (Å²) in [6, 6.07) is 23.4. The minimum absolute atomic E-state index is 0.195. The molecule has 0 saturated heterocycles. The minimum Gasteiger partial charge on any atom is -0.457 e. The van der Waals surface area contributed by atoms with E-state index < -0.39 is 5.97 Å². The number of esters is 1. The van der Waals surface area contributed by atoms with Crippen LogP contribution in [0.15, 0.2) is 78.9 Å². The molecular weight excluding hydrogens is 446 g/mol. The molecule has 0 atom stereocenters. The van der Waals surface area contributed by atoms with Crippen molar-refractivity contribution in [3.05, 3.63) is 101 Å². The molecule has 0 amide bonds. The average molecular weight is 469 g/mol. The Bertz CT molecular complexity index is 1390. The highest BCUT2D eigenvalue weighted by molar-refractivity contribution is 6.00. The molecule has 0 bridgehead atoms. The van der Waals surface area contributed by atoms with E-state index in [1.54, 1.807) is 30.3 Å². The predicted molar refractivity (Wildman–Crippen MR) is 129 cm³/mol. The van der Waals surface area contributed by atoms with Crippen molar-refractivity contribution < 1.29 is 28.5 Å². The van der Waals surface area contributed by atoms with Crippen LogP contribution in [-0.2, 0) is 4.74 Å². The molecule has 0 aliphatic carbocycles. The van der Waals surface area contributed by atoms with Gasteiger partial charge < -0.3 is 23.5 Å². The number of para-hydroxylation sites is 1. The standard InChI is InChI=1S/C28H23NO6/c1-18-14-24(19(2)29(18)21-10-13-26-27(15-21)34-17-33-26)25(30)16-32-28(31)20-8-11-23(12-9-20)35-22-6-4-3-5-7-22/h3-15H,16-17H2,1-2H3. The summed E-state index contributed by atoms with van der Waals surface area (Å²) >= 11 is 0. The number of rotatable bonds is 7. The molecule has 0 fully saturated rings. The highest BCUT2D eigenvalue weighted by Crippen LogP contribution is 2.35. The van der Waals surface area contributed by atoms with E-state index in [-0.39, 0.29) is 19.2 Å². The Morgan fingerprint density at radius 3 is 2.34 bits per heavy atom. The van der Waals surface area contributed by atoms with Gasteiger partial charge in [0.1, 0.15) is 11.5 Å². The van der Waals surface area contributed by atoms with Gasteiger partial charge in [0, 0.05) is 28.7 Å². The molecule has 5 rings (SSSR count). The number of nitrogens with zero attached hydrogens (tertiary/aromatic N) is 1. The second kappa shape index (κ2) is 9.38. The van der Waals surface area contributed by atoms with E-state index in [9.17, 15) is 9.59 Å². The summed E-state index contributed by atoms with van der Waals surface area (Å²) in [4.78, 5) is 25.4. The average Bonchev–Trinajstić information content (AvgIpc) is 3.46. The van der Waals surface area contributed by atoms with Crippen molar-refractivity contribution in [2.75, 3.05) is 13.4 Å². The zero-order valence-corrected chi connectivity index (χ0v) is 19.3. The van der Waals surface area contributed by atoms with E-state index in [4.69, 9.17) is 18.9 Å². The number of aromatic nitrogens is 1. The number of Topliss-reactive ketones (excluding diaryl/α,β-unsaturated/α-hetero) is 1. The zero-order valence-electron chi connectivity index (χ0n) is 19.3. The van der Waals surface area contributed by atoms with Crippen molar-refractivity contribution in [2.24, 2.45) is 0 Å². The summed E-state index contributed by atoms with van der Waals surface area (Å²) in [6.07, 6.45) is 0. The van der Waals surface area contributed by atoms with Crippen LogP contribution in [0.25, 0.3) is 5.69 Å². The number of hydrogen-bond acceptors (Lipinski definition) is 6. The second-order valence-corrected chi connectivity index (χ2v) is 8.10. The monoisotopic (exact) mass is 469 g/mol. The van der Waals surface area contributed by atoms with Gasteiger partial charge in [0.15, 0.2) is 18.1 Å². The fourth-order valence-corrected chi connectivity index (χ4v) is 4.04. The Morgan fingerprint density at radius 1 is 0.857 bits per heavy atom. The molecule has 0 spiro atoms. The summed E-state index contributed by atoms with van der Waals surface area (Å²) in [5.41, 5.74) is 3.33. The lowest BCUT2D eigenvalue weighted by Gasteiger charge is -2.11. The largest absolute Gasteiger partial charge is 0.457 e. The quantitative estimate of drug-likeness (QED) is 0.257. The number of ketones is 1. The van der Waals surface area contributed by atoms with Crippen LogP contribution in [0.4, 0.5) is 0 Å². The van der Waals surface area contributed by atoms with Crippen LogP contribution in [0.3, 0.4) is 0 Å². The topological polar surface area (TPSA) is 76.0 Å². The first-order valence-corrected chi connectivity index (χ1v) is 11.1. The first-order chi connectivity index (χ1) is 17.0. The van der Waals surface area contributed by atoms with Crippen LogP contribution in [0.1, 0.15) is 32.1 Å². The molecule has 35 heavy (non-hydrogen) atoms. The van der Waals surface area contributed by atoms with Gasteiger partial charge in [-0.1, -0.05) is 18.2 Å². The number of carbonyl (C=O) groups excluding carboxylic acids is 2. The molecule has 3 aromatic carbocycles. The van der Waals surface area contributed by atoms with Crippen LogP contribution >= 0.6 is 0 Å². The first kappa shape index (κ1) is 22.3. The Labute approximate surface area is 202 Å². The number of aryl methyl sites for hydroxylation is 1. The van der Waals surface area contributed by atoms with Crippen LogP contribution < -0.4 is 14.2 Å². The van der Waals surface area contributed by atoms with Gasteiger partial charge in [-0.2, -0.15) is 0 Å². The van der Waals surface area contributed by atoms with Gasteiger partial charge in [-0.3, -0.25) is 4.79 Å². The molecule has 2 heterocycles. The maximum atomic E-state index is 12.9. The summed E-state index contributed by atoms with van der Waals surface area (Å²) in [6.45, 7) is 3.62. The van der Waals surface area contributed by atoms with Gasteiger partial charge in [0.05, 0.1) is 5.56 Å². The van der Waals surface area contributed by atoms with E-state index in [2.05, 4.69) is 0 Å². The molecule has 7 heteroatoms. The predicted octanol–water partition coefficient (Wildman–Crippen LogP) is 5.65. The fraction of sp³-hybridized carbons (Fsp3) is 0.143. The zero-order chi connectivity index (χ0) is 24.4. The molecule has 4 aromatic rings. The number of fused-ring (bicyclic) bond motifs is 1. The third-order valence-corrected chi connectivity index (χ3v) is 5.75. The highest BCUT2D eigenvalue weighted by Gasteiger charge is 2.20. The summed E-state index contributed by atoms with van der Waals surface area (Å²) in [7, 11) is 0. The maximum Gasteiger partial charge on any atom is 0.338 e. The van der Waals surface area contributed by atoms with E-state index in [1.165, 1.54) is 0 Å². The van der Waals surface area contributed by atoms with Crippen LogP contribution in [0, 0.1) is 13.8 Å². The fourth-order valence-electron chi connectivity index (χ4n) is 4.04. The lowest BCUT2D eigenvalue weighted by molar-refractivity contribution is 0.0474. The Balaban J connectivity index is 1.24. The smallest absolute Gasteiger partial charge is 0.338 e. The van der Waals surface area contributed by atoms with E-state index in [0.29, 0.717) is 34.1 Å². The van der Waals surface area contributed by atoms with E-state index in [0.717, 1.165) is 17.1 Å². The third-order valence-electron chi connectivity index (χ3n) is 5.75. The summed E-state index contributed by atoms with van der Waals surface area (Å²) in [5.74, 6) is 1.80. The van der Waals surface area contributed by atoms with Crippen molar-refractivity contribution in [1.29, 1.82) is 0 Å². The van der Waals surface area contributed by atoms with Gasteiger partial charge in [-0.05, 0) is 68.4 Å². The Kier molecular flexibility index (Phi) is 5.97. The number of benzene rings is 3. The SMILES string of the molecule is Cc1cc(C(=O)COC(=O)c2ccc(Oc3ccccc3)cc2)c(C)n1-c1ccc2c(c1)OCO2. The maximum absolute atomic E-state index is 12.9. The molecule has 1 aliphatic rings. The molecule has 176 valence electrons. The van der Waals surface area contributed by atoms with Crippen molar-refractivity contribution in [3.8, 4) is 28.7 Å². The molecule has 7 nitrogen and oxygen atoms in total. The normalized spacial score (nSPS) is 11.8. The molecular formula is C28H23NO6. The van der Waals surface area contributed by atoms with Gasteiger partial charge >= 0.3 is 5.97 Å². The van der Waals surface area contributed by atoms with Gasteiger partial charge in [-0.15, -0.1) is 0 Å². The van der Waals surface area contributed by atoms with Gasteiger partial charge in [0.2, 0.25) is 12.6 Å². The molecule has 0 saturated carbocycles. The molecule has 0 N–H and O–H groups in total. The summed E-state index contributed by atoms with van der Waals surface area (Å²) in [5, 5.41) is 0. The molecule has 0 unspecified atom stereocenters. The molecule has 1 aromatic heterocycles. The van der Waals surface area contributed by atoms with Gasteiger partial charge in [-0.25, -0.2) is 4.79 Å². The highest BCUT2D eigenvalue weighted by atomic mass is 16.7. The number of carbonyl (C=O) groups is 2.